The monoisotopic (exact) mass is 397 g/mol. The van der Waals surface area contributed by atoms with Gasteiger partial charge in [0.1, 0.15) is 0 Å². The zero-order valence-electron chi connectivity index (χ0n) is 16.4. The molecule has 2 atom stereocenters. The highest BCUT2D eigenvalue weighted by Gasteiger charge is 2.27. The SMILES string of the molecule is C#CC(C)(/C=C/C)OC(=O)c1ccc2c3ccccc3[s+](-c3ccccc3)c2c1. The maximum absolute atomic E-state index is 12.9. The summed E-state index contributed by atoms with van der Waals surface area (Å²) >= 11 is 0. The average Bonchev–Trinajstić information content (AvgIpc) is 3.08. The average molecular weight is 398 g/mol. The summed E-state index contributed by atoms with van der Waals surface area (Å²) in [4.78, 5) is 14.1. The lowest BCUT2D eigenvalue weighted by Crippen LogP contribution is -2.27. The van der Waals surface area contributed by atoms with Crippen molar-refractivity contribution in [3.8, 4) is 17.2 Å². The molecule has 4 rings (SSSR count). The lowest BCUT2D eigenvalue weighted by molar-refractivity contribution is 0.0283. The summed E-state index contributed by atoms with van der Waals surface area (Å²) in [5, 5.41) is 2.38. The minimum atomic E-state index is -1.06. The van der Waals surface area contributed by atoms with Gasteiger partial charge in [-0.1, -0.05) is 42.3 Å². The molecule has 0 amide bonds. The molecule has 29 heavy (non-hydrogen) atoms. The number of esters is 1. The molecule has 0 N–H and O–H groups in total. The second kappa shape index (κ2) is 7.58. The van der Waals surface area contributed by atoms with Crippen LogP contribution < -0.4 is 0 Å². The van der Waals surface area contributed by atoms with E-state index >= 15 is 0 Å². The van der Waals surface area contributed by atoms with Crippen molar-refractivity contribution in [1.29, 1.82) is 0 Å². The topological polar surface area (TPSA) is 26.3 Å². The van der Waals surface area contributed by atoms with E-state index in [1.165, 1.54) is 15.0 Å². The molecule has 1 aromatic heterocycles. The molecule has 4 aromatic rings. The van der Waals surface area contributed by atoms with Crippen LogP contribution >= 0.6 is 10.5 Å². The molecule has 3 heteroatoms. The number of ether oxygens (including phenoxy) is 1. The molecule has 0 saturated heterocycles. The van der Waals surface area contributed by atoms with Crippen molar-refractivity contribution in [2.24, 2.45) is 0 Å². The third-order valence-corrected chi connectivity index (χ3v) is 7.21. The number of hydrogen-bond donors (Lipinski definition) is 0. The third kappa shape index (κ3) is 3.44. The van der Waals surface area contributed by atoms with Gasteiger partial charge in [0.2, 0.25) is 0 Å². The molecule has 0 spiro atoms. The Kier molecular flexibility index (Phi) is 4.96. The van der Waals surface area contributed by atoms with Crippen LogP contribution in [-0.4, -0.2) is 11.6 Å². The maximum Gasteiger partial charge on any atom is 0.340 e. The summed E-state index contributed by atoms with van der Waals surface area (Å²) in [6.45, 7) is 3.56. The minimum absolute atomic E-state index is 0.258. The van der Waals surface area contributed by atoms with Gasteiger partial charge >= 0.3 is 5.97 Å². The summed E-state index contributed by atoms with van der Waals surface area (Å²) in [6.07, 6.45) is 9.09. The summed E-state index contributed by atoms with van der Waals surface area (Å²) in [5.41, 5.74) is -0.550. The first-order valence-electron chi connectivity index (χ1n) is 9.44. The number of allylic oxidation sites excluding steroid dienone is 1. The van der Waals surface area contributed by atoms with Crippen LogP contribution in [-0.2, 0) is 4.74 Å². The first-order valence-corrected chi connectivity index (χ1v) is 10.7. The molecular weight excluding hydrogens is 376 g/mol. The van der Waals surface area contributed by atoms with Crippen LogP contribution in [0.3, 0.4) is 0 Å². The standard InChI is InChI=1S/C26H21O2S/c1-4-17-26(3,5-2)28-25(27)19-15-16-22-21-13-9-10-14-23(21)29(24(22)18-19)20-11-7-6-8-12-20/h2,4,6-18H,1,3H3/q+1/b17-4+. The molecule has 0 saturated carbocycles. The van der Waals surface area contributed by atoms with E-state index in [0.29, 0.717) is 5.56 Å². The number of thiophene rings is 1. The number of carbonyl (C=O) groups excluding carboxylic acids is 1. The van der Waals surface area contributed by atoms with Crippen molar-refractivity contribution < 1.29 is 9.53 Å². The van der Waals surface area contributed by atoms with Crippen LogP contribution in [0.2, 0.25) is 0 Å². The summed E-state index contributed by atoms with van der Waals surface area (Å²) in [7, 11) is -0.258. The van der Waals surface area contributed by atoms with Crippen molar-refractivity contribution in [3.63, 3.8) is 0 Å². The van der Waals surface area contributed by atoms with Crippen LogP contribution in [0.25, 0.3) is 25.1 Å². The molecule has 2 nitrogen and oxygen atoms in total. The van der Waals surface area contributed by atoms with Crippen molar-refractivity contribution in [1.82, 2.24) is 0 Å². The van der Waals surface area contributed by atoms with Gasteiger partial charge in [-0.05, 0) is 56.3 Å². The normalized spacial score (nSPS) is 14.0. The highest BCUT2D eigenvalue weighted by Crippen LogP contribution is 2.48. The number of benzene rings is 3. The minimum Gasteiger partial charge on any atom is -0.439 e. The van der Waals surface area contributed by atoms with Crippen molar-refractivity contribution in [2.45, 2.75) is 19.4 Å². The first kappa shape index (κ1) is 19.0. The summed E-state index contributed by atoms with van der Waals surface area (Å²) in [5.74, 6) is 2.14. The molecule has 0 aliphatic heterocycles. The molecule has 3 aromatic carbocycles. The van der Waals surface area contributed by atoms with Crippen LogP contribution in [0, 0.1) is 12.3 Å². The quantitative estimate of drug-likeness (QED) is 0.163. The Morgan fingerprint density at radius 1 is 1.00 bits per heavy atom. The van der Waals surface area contributed by atoms with Crippen molar-refractivity contribution in [3.05, 3.63) is 90.5 Å². The van der Waals surface area contributed by atoms with Crippen LogP contribution in [0.5, 0.6) is 0 Å². The predicted molar refractivity (Wildman–Crippen MR) is 123 cm³/mol. The maximum atomic E-state index is 12.9. The van der Waals surface area contributed by atoms with Gasteiger partial charge in [-0.15, -0.1) is 6.42 Å². The number of carbonyl (C=O) groups is 1. The van der Waals surface area contributed by atoms with E-state index < -0.39 is 11.6 Å². The molecular formula is C26H21O2S+. The van der Waals surface area contributed by atoms with Gasteiger partial charge in [0.05, 0.1) is 5.56 Å². The lowest BCUT2D eigenvalue weighted by atomic mass is 10.1. The van der Waals surface area contributed by atoms with Gasteiger partial charge in [0, 0.05) is 27.3 Å². The fourth-order valence-corrected chi connectivity index (χ4v) is 5.95. The zero-order chi connectivity index (χ0) is 20.4. The Bertz CT molecular complexity index is 1270. The van der Waals surface area contributed by atoms with E-state index in [9.17, 15) is 4.79 Å². The number of terminal acetylenes is 1. The Hall–Kier alpha value is -3.35. The highest BCUT2D eigenvalue weighted by atomic mass is 32.2. The Balaban J connectivity index is 1.89. The van der Waals surface area contributed by atoms with Gasteiger partial charge in [-0.3, -0.25) is 0 Å². The van der Waals surface area contributed by atoms with E-state index in [-0.39, 0.29) is 10.5 Å². The molecule has 0 bridgehead atoms. The molecule has 0 fully saturated rings. The predicted octanol–water partition coefficient (Wildman–Crippen LogP) is 6.86. The summed E-state index contributed by atoms with van der Waals surface area (Å²) in [6, 6.07) is 24.6. The largest absolute Gasteiger partial charge is 0.439 e. The van der Waals surface area contributed by atoms with E-state index in [4.69, 9.17) is 11.2 Å². The number of fused-ring (bicyclic) bond motifs is 3. The molecule has 142 valence electrons. The zero-order valence-corrected chi connectivity index (χ0v) is 17.2. The number of hydrogen-bond acceptors (Lipinski definition) is 2. The van der Waals surface area contributed by atoms with Crippen LogP contribution in [0.15, 0.2) is 84.9 Å². The molecule has 0 radical (unpaired) electrons. The van der Waals surface area contributed by atoms with Crippen molar-refractivity contribution in [2.75, 3.05) is 0 Å². The van der Waals surface area contributed by atoms with Crippen LogP contribution in [0.4, 0.5) is 0 Å². The highest BCUT2D eigenvalue weighted by molar-refractivity contribution is 7.50. The van der Waals surface area contributed by atoms with E-state index in [0.717, 1.165) is 10.1 Å². The molecule has 0 aliphatic carbocycles. The van der Waals surface area contributed by atoms with E-state index in [1.54, 1.807) is 19.1 Å². The van der Waals surface area contributed by atoms with Gasteiger partial charge in [0.25, 0.3) is 0 Å². The van der Waals surface area contributed by atoms with Crippen molar-refractivity contribution >= 4 is 36.6 Å². The van der Waals surface area contributed by atoms with Gasteiger partial charge < -0.3 is 4.74 Å². The van der Waals surface area contributed by atoms with Gasteiger partial charge in [0.15, 0.2) is 19.9 Å². The lowest BCUT2D eigenvalue weighted by Gasteiger charge is -2.19. The fraction of sp³-hybridized carbons (Fsp3) is 0.115. The summed E-state index contributed by atoms with van der Waals surface area (Å²) < 4.78 is 8.05. The smallest absolute Gasteiger partial charge is 0.340 e. The van der Waals surface area contributed by atoms with E-state index in [1.807, 2.05) is 31.2 Å². The molecule has 1 heterocycles. The fourth-order valence-electron chi connectivity index (χ4n) is 3.52. The Morgan fingerprint density at radius 3 is 2.41 bits per heavy atom. The second-order valence-electron chi connectivity index (χ2n) is 6.97. The Labute approximate surface area is 173 Å². The third-order valence-electron chi connectivity index (χ3n) is 4.89. The molecule has 0 aliphatic rings. The van der Waals surface area contributed by atoms with Gasteiger partial charge in [-0.2, -0.15) is 0 Å². The first-order chi connectivity index (χ1) is 14.1. The molecule has 2 unspecified atom stereocenters. The van der Waals surface area contributed by atoms with Crippen LogP contribution in [0.1, 0.15) is 24.2 Å². The number of rotatable bonds is 4. The van der Waals surface area contributed by atoms with Gasteiger partial charge in [-0.25, -0.2) is 4.79 Å². The second-order valence-corrected chi connectivity index (χ2v) is 8.93. The Morgan fingerprint density at radius 2 is 1.69 bits per heavy atom. The van der Waals surface area contributed by atoms with E-state index in [2.05, 4.69) is 54.5 Å².